The first kappa shape index (κ1) is 98.5. The number of unbranched alkanes of at least 4 members (excludes halogenated alkanes) is 4. The van der Waals surface area contributed by atoms with Gasteiger partial charge in [-0.15, -0.1) is 0 Å². The second-order valence-corrected chi connectivity index (χ2v) is 44.4. The molecule has 666 valence electrons. The van der Waals surface area contributed by atoms with E-state index in [1.165, 1.54) is 18.2 Å². The highest BCUT2D eigenvalue weighted by atomic mass is 16.6. The van der Waals surface area contributed by atoms with Gasteiger partial charge in [-0.25, -0.2) is 9.59 Å². The third kappa shape index (κ3) is 28.5. The van der Waals surface area contributed by atoms with Crippen LogP contribution in [0.5, 0.6) is 0 Å². The number of ketones is 1. The van der Waals surface area contributed by atoms with Crippen LogP contribution in [0.1, 0.15) is 404 Å². The van der Waals surface area contributed by atoms with Crippen molar-refractivity contribution in [2.75, 3.05) is 13.2 Å². The minimum atomic E-state index is -1.78. The maximum absolute atomic E-state index is 15.3. The Labute approximate surface area is 703 Å². The van der Waals surface area contributed by atoms with Gasteiger partial charge in [0.15, 0.2) is 22.0 Å². The SMILES string of the molecule is CCCCC(CCCCC(=O)c1cc(C(=O)OCCCC(CCCC)(C(=O)OC2CC(C)(C)NC(C)(C)C2)C(=O)OC2CC(C)(C)NC(C)(C)C2)cc(C(=O)OCCCC(CCCC)(C(=O)OC2CC(C)(C)NC(C)(C)C2)C(=O)OC2CC(C)(C)NC(C)(C)C2)c1)(C(=O)OC1CC(C)(C)NC(C)(C)C1)C(=O)OC1CC(C)(C)NC(C)(C)C1. The van der Waals surface area contributed by atoms with Crippen LogP contribution in [0, 0.1) is 16.2 Å². The number of piperidine rings is 6. The maximum atomic E-state index is 15.3. The lowest BCUT2D eigenvalue weighted by atomic mass is 9.76. The summed E-state index contributed by atoms with van der Waals surface area (Å²) in [5.41, 5.74) is -10.2. The first-order valence-electron chi connectivity index (χ1n) is 44.7. The molecule has 0 radical (unpaired) electrons. The number of ether oxygens (including phenoxy) is 8. The fraction of sp³-hybridized carbons (Fsp3) is 0.840. The lowest BCUT2D eigenvalue weighted by Crippen LogP contribution is -2.61. The molecular weight excluding hydrogens is 1490 g/mol. The number of hydrogen-bond donors (Lipinski definition) is 6. The second kappa shape index (κ2) is 38.0. The molecule has 0 saturated carbocycles. The van der Waals surface area contributed by atoms with Crippen LogP contribution in [-0.2, 0) is 66.7 Å². The largest absolute Gasteiger partial charge is 0.462 e. The summed E-state index contributed by atoms with van der Waals surface area (Å²) in [6.45, 7) is 55.0. The van der Waals surface area contributed by atoms with Crippen molar-refractivity contribution in [1.82, 2.24) is 31.9 Å². The van der Waals surface area contributed by atoms with Gasteiger partial charge in [0.25, 0.3) is 0 Å². The summed E-state index contributed by atoms with van der Waals surface area (Å²) in [5, 5.41) is 21.9. The standard InChI is InChI=1S/C94H158N6O17/c1-28-31-39-92(74(104)112-65-50-80(4,5)95-81(6,7)51-65,75(105)113-66-52-82(8,9)96-83(10,11)53-66)42-35-34-38-71(101)62-47-63(72(102)110-45-36-43-93(40-32-29-2,76(106)114-67-54-84(12,13)97-85(14,15)55-67)77(107)115-68-56-86(16,17)98-87(18,19)57-68)49-64(48-62)73(103)111-46-37-44-94(41-33-30-3,78(108)116-69-58-88(20,21)99-89(22,23)59-69)79(109)117-70-60-90(24,25)100-91(26,27)61-70/h47-49,65-70,95-100H,28-46,50-61H2,1-27H3. The van der Waals surface area contributed by atoms with Crippen LogP contribution in [0.4, 0.5) is 0 Å². The Morgan fingerprint density at radius 2 is 0.453 bits per heavy atom. The molecule has 6 heterocycles. The van der Waals surface area contributed by atoms with Crippen LogP contribution in [0.15, 0.2) is 18.2 Å². The van der Waals surface area contributed by atoms with Crippen molar-refractivity contribution in [3.8, 4) is 0 Å². The smallest absolute Gasteiger partial charge is 0.338 e. The Morgan fingerprint density at radius 3 is 0.650 bits per heavy atom. The number of nitrogens with one attached hydrogen (secondary N) is 6. The van der Waals surface area contributed by atoms with E-state index in [4.69, 9.17) is 37.9 Å². The summed E-state index contributed by atoms with van der Waals surface area (Å²) in [4.78, 5) is 136. The van der Waals surface area contributed by atoms with Crippen LogP contribution in [0.25, 0.3) is 0 Å². The van der Waals surface area contributed by atoms with Crippen molar-refractivity contribution >= 4 is 53.5 Å². The van der Waals surface area contributed by atoms with E-state index in [0.29, 0.717) is 116 Å². The summed E-state index contributed by atoms with van der Waals surface area (Å²) in [7, 11) is 0. The van der Waals surface area contributed by atoms with Crippen molar-refractivity contribution in [2.45, 2.75) is 476 Å². The molecule has 6 saturated heterocycles. The first-order chi connectivity index (χ1) is 53.6. The molecule has 6 aliphatic rings. The Bertz CT molecular complexity index is 3010. The van der Waals surface area contributed by atoms with E-state index < -0.39 is 106 Å². The van der Waals surface area contributed by atoms with Crippen LogP contribution in [-0.4, -0.2) is 170 Å². The zero-order chi connectivity index (χ0) is 87.8. The van der Waals surface area contributed by atoms with Gasteiger partial charge in [-0.2, -0.15) is 0 Å². The molecule has 6 fully saturated rings. The normalized spacial score (nSPS) is 22.9. The monoisotopic (exact) mass is 1640 g/mol. The number of Topliss-reactive ketones (excluding diaryl/α,β-unsaturated/α-hetero) is 1. The zero-order valence-corrected chi connectivity index (χ0v) is 77.6. The Hall–Kier alpha value is -5.59. The molecule has 23 heteroatoms. The molecule has 1 aromatic rings. The molecule has 1 aromatic carbocycles. The summed E-state index contributed by atoms with van der Waals surface area (Å²) in [6, 6.07) is 4.03. The lowest BCUT2D eigenvalue weighted by molar-refractivity contribution is -0.186. The fourth-order valence-corrected chi connectivity index (χ4v) is 21.9. The summed E-state index contributed by atoms with van der Waals surface area (Å²) >= 11 is 0. The average molecular weight is 1640 g/mol. The van der Waals surface area contributed by atoms with Gasteiger partial charge in [-0.1, -0.05) is 65.7 Å². The number of benzene rings is 1. The van der Waals surface area contributed by atoms with Gasteiger partial charge in [0.05, 0.1) is 24.3 Å². The number of hydrogen-bond acceptors (Lipinski definition) is 23. The van der Waals surface area contributed by atoms with Gasteiger partial charge >= 0.3 is 47.8 Å². The topological polar surface area (TPSA) is 300 Å². The van der Waals surface area contributed by atoms with Gasteiger partial charge in [0.2, 0.25) is 0 Å². The van der Waals surface area contributed by atoms with E-state index in [0.717, 1.165) is 0 Å². The molecule has 0 aromatic heterocycles. The van der Waals surface area contributed by atoms with Crippen LogP contribution in [0.2, 0.25) is 0 Å². The predicted molar refractivity (Wildman–Crippen MR) is 457 cm³/mol. The van der Waals surface area contributed by atoms with E-state index in [1.54, 1.807) is 0 Å². The Balaban J connectivity index is 1.21. The molecular formula is C94H158N6O17. The molecule has 23 nitrogen and oxygen atoms in total. The van der Waals surface area contributed by atoms with Crippen molar-refractivity contribution in [3.05, 3.63) is 34.9 Å². The van der Waals surface area contributed by atoms with Gasteiger partial charge < -0.3 is 69.8 Å². The number of carbonyl (C=O) groups excluding carboxylic acids is 9. The molecule has 6 N–H and O–H groups in total. The van der Waals surface area contributed by atoms with Crippen molar-refractivity contribution in [3.63, 3.8) is 0 Å². The second-order valence-electron chi connectivity index (χ2n) is 44.4. The van der Waals surface area contributed by atoms with E-state index >= 15 is 33.6 Å². The maximum Gasteiger partial charge on any atom is 0.338 e. The summed E-state index contributed by atoms with van der Waals surface area (Å²) in [6.07, 6.45) is 7.09. The fourth-order valence-electron chi connectivity index (χ4n) is 21.9. The molecule has 0 atom stereocenters. The lowest BCUT2D eigenvalue weighted by Gasteiger charge is -2.47. The predicted octanol–water partition coefficient (Wildman–Crippen LogP) is 16.9. The first-order valence-corrected chi connectivity index (χ1v) is 44.7. The minimum absolute atomic E-state index is 0.0184. The van der Waals surface area contributed by atoms with Crippen LogP contribution < -0.4 is 31.9 Å². The third-order valence-corrected chi connectivity index (χ3v) is 24.7. The summed E-state index contributed by atoms with van der Waals surface area (Å²) in [5.74, 6) is -6.28. The highest BCUT2D eigenvalue weighted by molar-refractivity contribution is 6.04. The van der Waals surface area contributed by atoms with E-state index in [9.17, 15) is 9.59 Å². The van der Waals surface area contributed by atoms with E-state index in [1.807, 2.05) is 20.8 Å². The van der Waals surface area contributed by atoms with Crippen molar-refractivity contribution in [2.24, 2.45) is 16.2 Å². The number of rotatable bonds is 37. The highest BCUT2D eigenvalue weighted by Gasteiger charge is 2.57. The highest BCUT2D eigenvalue weighted by Crippen LogP contribution is 2.45. The molecule has 117 heavy (non-hydrogen) atoms. The van der Waals surface area contributed by atoms with Gasteiger partial charge in [0, 0.05) is 156 Å². The molecule has 0 bridgehead atoms. The quantitative estimate of drug-likeness (QED) is 0.0119. The van der Waals surface area contributed by atoms with Gasteiger partial charge in [-0.3, -0.25) is 33.6 Å². The molecule has 6 aliphatic heterocycles. The van der Waals surface area contributed by atoms with Crippen LogP contribution >= 0.6 is 0 Å². The average Bonchev–Trinajstić information content (AvgIpc) is 0.780. The molecule has 7 rings (SSSR count). The molecule has 0 unspecified atom stereocenters. The van der Waals surface area contributed by atoms with E-state index in [2.05, 4.69) is 198 Å². The van der Waals surface area contributed by atoms with Gasteiger partial charge in [0.1, 0.15) is 36.6 Å². The Morgan fingerprint density at radius 1 is 0.274 bits per heavy atom. The molecule has 0 spiro atoms. The third-order valence-electron chi connectivity index (χ3n) is 24.7. The molecule has 0 aliphatic carbocycles. The minimum Gasteiger partial charge on any atom is -0.462 e. The van der Waals surface area contributed by atoms with Crippen LogP contribution in [0.3, 0.4) is 0 Å². The summed E-state index contributed by atoms with van der Waals surface area (Å²) < 4.78 is 51.3. The zero-order valence-electron chi connectivity index (χ0n) is 77.6. The van der Waals surface area contributed by atoms with E-state index in [-0.39, 0.29) is 167 Å². The van der Waals surface area contributed by atoms with Gasteiger partial charge in [-0.05, 0) is 242 Å². The number of esters is 8. The van der Waals surface area contributed by atoms with Crippen molar-refractivity contribution in [1.29, 1.82) is 0 Å². The number of carbonyl (C=O) groups is 9. The molecule has 0 amide bonds. The Kier molecular flexibility index (Phi) is 32.0. The van der Waals surface area contributed by atoms with Crippen molar-refractivity contribution < 1.29 is 81.0 Å².